The standard InChI is InChI=1S/C28H25ClFN5OS/c1-19-24(8-10-27-31-15-23(37-27)16-35-11-2-3-12-35)28(33-18-32-19)34-22-7-9-26(25(29)14-22)36-17-20-5-4-6-21(30)13-20/h4-7,9,13-15,18H,2-3,11-12,16-17H2,1H3,(H,32,33,34). The van der Waals surface area contributed by atoms with Crippen molar-refractivity contribution in [2.75, 3.05) is 18.4 Å². The molecule has 1 N–H and O–H groups in total. The summed E-state index contributed by atoms with van der Waals surface area (Å²) in [6.45, 7) is 5.35. The van der Waals surface area contributed by atoms with Gasteiger partial charge < -0.3 is 10.1 Å². The van der Waals surface area contributed by atoms with Crippen LogP contribution < -0.4 is 10.1 Å². The highest BCUT2D eigenvalue weighted by atomic mass is 35.5. The molecule has 0 spiro atoms. The average molecular weight is 534 g/mol. The minimum Gasteiger partial charge on any atom is -0.487 e. The van der Waals surface area contributed by atoms with Crippen molar-refractivity contribution in [1.82, 2.24) is 19.9 Å². The SMILES string of the molecule is Cc1ncnc(Nc2ccc(OCc3cccc(F)c3)c(Cl)c2)c1C#Cc1ncc(CN2CCCC2)s1. The number of rotatable bonds is 7. The number of nitrogens with zero attached hydrogens (tertiary/aromatic N) is 4. The van der Waals surface area contributed by atoms with Crippen LogP contribution in [0.1, 0.15) is 39.5 Å². The highest BCUT2D eigenvalue weighted by molar-refractivity contribution is 7.12. The lowest BCUT2D eigenvalue weighted by Crippen LogP contribution is -2.17. The molecule has 0 unspecified atom stereocenters. The number of aromatic nitrogens is 3. The Morgan fingerprint density at radius 3 is 2.78 bits per heavy atom. The molecule has 5 rings (SSSR count). The number of likely N-dealkylation sites (tertiary alicyclic amines) is 1. The number of hydrogen-bond acceptors (Lipinski definition) is 7. The van der Waals surface area contributed by atoms with E-state index in [9.17, 15) is 4.39 Å². The molecule has 3 heterocycles. The Balaban J connectivity index is 1.28. The maximum atomic E-state index is 13.4. The van der Waals surface area contributed by atoms with Gasteiger partial charge in [0.25, 0.3) is 0 Å². The van der Waals surface area contributed by atoms with Gasteiger partial charge in [-0.05, 0) is 74.7 Å². The Labute approximate surface area is 224 Å². The third-order valence-electron chi connectivity index (χ3n) is 5.94. The first-order chi connectivity index (χ1) is 18.0. The van der Waals surface area contributed by atoms with Gasteiger partial charge in [-0.25, -0.2) is 19.3 Å². The summed E-state index contributed by atoms with van der Waals surface area (Å²) >= 11 is 8.08. The zero-order valence-corrected chi connectivity index (χ0v) is 21.9. The highest BCUT2D eigenvalue weighted by Gasteiger charge is 2.13. The third kappa shape index (κ3) is 6.63. The molecule has 1 saturated heterocycles. The molecule has 1 aliphatic rings. The number of benzene rings is 2. The Morgan fingerprint density at radius 2 is 1.97 bits per heavy atom. The summed E-state index contributed by atoms with van der Waals surface area (Å²) in [5.74, 6) is 7.16. The zero-order chi connectivity index (χ0) is 25.6. The van der Waals surface area contributed by atoms with E-state index in [4.69, 9.17) is 16.3 Å². The monoisotopic (exact) mass is 533 g/mol. The zero-order valence-electron chi connectivity index (χ0n) is 20.3. The van der Waals surface area contributed by atoms with Gasteiger partial charge in [0, 0.05) is 23.3 Å². The lowest BCUT2D eigenvalue weighted by molar-refractivity contribution is 0.306. The molecule has 2 aromatic carbocycles. The molecule has 1 aliphatic heterocycles. The molecule has 4 aromatic rings. The lowest BCUT2D eigenvalue weighted by atomic mass is 10.2. The summed E-state index contributed by atoms with van der Waals surface area (Å²) in [5, 5.41) is 4.48. The van der Waals surface area contributed by atoms with Gasteiger partial charge in [0.15, 0.2) is 5.01 Å². The van der Waals surface area contributed by atoms with E-state index in [0.29, 0.717) is 22.2 Å². The highest BCUT2D eigenvalue weighted by Crippen LogP contribution is 2.30. The fraction of sp³-hybridized carbons (Fsp3) is 0.250. The van der Waals surface area contributed by atoms with Crippen molar-refractivity contribution < 1.29 is 9.13 Å². The smallest absolute Gasteiger partial charge is 0.167 e. The number of thiazole rings is 1. The second kappa shape index (κ2) is 11.7. The van der Waals surface area contributed by atoms with Crippen LogP contribution in [-0.2, 0) is 13.2 Å². The van der Waals surface area contributed by atoms with E-state index in [2.05, 4.69) is 37.0 Å². The Kier molecular flexibility index (Phi) is 7.95. The number of ether oxygens (including phenoxy) is 1. The van der Waals surface area contributed by atoms with Crippen LogP contribution >= 0.6 is 22.9 Å². The molecule has 1 fully saturated rings. The van der Waals surface area contributed by atoms with Crippen LogP contribution in [0.5, 0.6) is 5.75 Å². The van der Waals surface area contributed by atoms with Gasteiger partial charge in [0.1, 0.15) is 30.3 Å². The van der Waals surface area contributed by atoms with Crippen molar-refractivity contribution in [3.63, 3.8) is 0 Å². The van der Waals surface area contributed by atoms with E-state index in [0.717, 1.165) is 41.6 Å². The van der Waals surface area contributed by atoms with Crippen LogP contribution in [0.15, 0.2) is 55.0 Å². The maximum absolute atomic E-state index is 13.4. The van der Waals surface area contributed by atoms with E-state index in [-0.39, 0.29) is 12.4 Å². The number of aryl methyl sites for hydroxylation is 1. The largest absolute Gasteiger partial charge is 0.487 e. The van der Waals surface area contributed by atoms with Crippen LogP contribution in [0, 0.1) is 24.6 Å². The molecule has 2 aromatic heterocycles. The fourth-order valence-corrected chi connectivity index (χ4v) is 5.10. The van der Waals surface area contributed by atoms with E-state index in [1.165, 1.54) is 36.2 Å². The summed E-state index contributed by atoms with van der Waals surface area (Å²) in [4.78, 5) is 16.9. The van der Waals surface area contributed by atoms with Gasteiger partial charge in [-0.15, -0.1) is 11.3 Å². The van der Waals surface area contributed by atoms with E-state index in [1.807, 2.05) is 19.2 Å². The van der Waals surface area contributed by atoms with E-state index in [1.54, 1.807) is 35.6 Å². The number of nitrogens with one attached hydrogen (secondary N) is 1. The molecule has 0 aliphatic carbocycles. The van der Waals surface area contributed by atoms with Gasteiger partial charge in [0.2, 0.25) is 0 Å². The van der Waals surface area contributed by atoms with Crippen LogP contribution in [0.2, 0.25) is 5.02 Å². The molecule has 0 bridgehead atoms. The van der Waals surface area contributed by atoms with Gasteiger partial charge in [-0.1, -0.05) is 29.7 Å². The van der Waals surface area contributed by atoms with Gasteiger partial charge in [-0.3, -0.25) is 4.90 Å². The quantitative estimate of drug-likeness (QED) is 0.279. The van der Waals surface area contributed by atoms with Gasteiger partial charge in [0.05, 0.1) is 16.3 Å². The molecule has 0 amide bonds. The Morgan fingerprint density at radius 1 is 1.11 bits per heavy atom. The first kappa shape index (κ1) is 25.2. The third-order valence-corrected chi connectivity index (χ3v) is 7.13. The van der Waals surface area contributed by atoms with E-state index < -0.39 is 0 Å². The maximum Gasteiger partial charge on any atom is 0.167 e. The Bertz CT molecular complexity index is 1460. The van der Waals surface area contributed by atoms with Crippen LogP contribution in [0.25, 0.3) is 0 Å². The van der Waals surface area contributed by atoms with E-state index >= 15 is 0 Å². The van der Waals surface area contributed by atoms with Crippen LogP contribution in [-0.4, -0.2) is 32.9 Å². The molecule has 37 heavy (non-hydrogen) atoms. The second-order valence-electron chi connectivity index (χ2n) is 8.74. The van der Waals surface area contributed by atoms with Crippen molar-refractivity contribution in [2.24, 2.45) is 0 Å². The number of anilines is 2. The number of hydrogen-bond donors (Lipinski definition) is 1. The van der Waals surface area contributed by atoms with Crippen molar-refractivity contribution in [3.8, 4) is 17.6 Å². The summed E-state index contributed by atoms with van der Waals surface area (Å²) in [5.41, 5.74) is 2.91. The molecule has 0 atom stereocenters. The molecule has 9 heteroatoms. The first-order valence-electron chi connectivity index (χ1n) is 12.0. The molecular formula is C28H25ClFN5OS. The minimum atomic E-state index is -0.303. The molecule has 188 valence electrons. The summed E-state index contributed by atoms with van der Waals surface area (Å²) in [6, 6.07) is 11.6. The normalized spacial score (nSPS) is 13.3. The average Bonchev–Trinajstić information content (AvgIpc) is 3.56. The van der Waals surface area contributed by atoms with Gasteiger partial charge in [-0.2, -0.15) is 0 Å². The molecule has 0 saturated carbocycles. The van der Waals surface area contributed by atoms with Crippen molar-refractivity contribution in [2.45, 2.75) is 32.9 Å². The first-order valence-corrected chi connectivity index (χ1v) is 13.2. The van der Waals surface area contributed by atoms with Gasteiger partial charge >= 0.3 is 0 Å². The van der Waals surface area contributed by atoms with Crippen LogP contribution in [0.3, 0.4) is 0 Å². The molecule has 6 nitrogen and oxygen atoms in total. The second-order valence-corrected chi connectivity index (χ2v) is 10.3. The molecular weight excluding hydrogens is 509 g/mol. The van der Waals surface area contributed by atoms with Crippen molar-refractivity contribution >= 4 is 34.4 Å². The minimum absolute atomic E-state index is 0.214. The van der Waals surface area contributed by atoms with Crippen molar-refractivity contribution in [3.05, 3.63) is 92.5 Å². The molecule has 0 radical (unpaired) electrons. The summed E-state index contributed by atoms with van der Waals surface area (Å²) < 4.78 is 19.2. The summed E-state index contributed by atoms with van der Waals surface area (Å²) in [7, 11) is 0. The predicted octanol–water partition coefficient (Wildman–Crippen LogP) is 6.35. The predicted molar refractivity (Wildman–Crippen MR) is 145 cm³/mol. The topological polar surface area (TPSA) is 63.2 Å². The van der Waals surface area contributed by atoms with Crippen LogP contribution in [0.4, 0.5) is 15.9 Å². The van der Waals surface area contributed by atoms with Crippen molar-refractivity contribution in [1.29, 1.82) is 0 Å². The lowest BCUT2D eigenvalue weighted by Gasteiger charge is -2.12. The fourth-order valence-electron chi connectivity index (χ4n) is 4.05. The number of halogens is 2. The Hall–Kier alpha value is -3.51. The summed E-state index contributed by atoms with van der Waals surface area (Å²) in [6.07, 6.45) is 5.95.